The molecule has 1 rings (SSSR count). The molecule has 86 valence electrons. The first-order chi connectivity index (χ1) is 7.77. The molecule has 0 radical (unpaired) electrons. The van der Waals surface area contributed by atoms with Gasteiger partial charge in [0.05, 0.1) is 6.61 Å². The molecular weight excluding hydrogens is 226 g/mol. The molecule has 0 aliphatic heterocycles. The first-order valence-corrected chi connectivity index (χ1v) is 5.97. The van der Waals surface area contributed by atoms with Crippen LogP contribution in [0.4, 0.5) is 0 Å². The monoisotopic (exact) mass is 239 g/mol. The summed E-state index contributed by atoms with van der Waals surface area (Å²) < 4.78 is 4.73. The van der Waals surface area contributed by atoms with Crippen LogP contribution >= 0.6 is 11.8 Å². The summed E-state index contributed by atoms with van der Waals surface area (Å²) in [5.41, 5.74) is 1.05. The predicted molar refractivity (Wildman–Crippen MR) is 64.0 cm³/mol. The van der Waals surface area contributed by atoms with E-state index in [1.165, 1.54) is 11.8 Å². The normalized spacial score (nSPS) is 11.8. The Kier molecular flexibility index (Phi) is 5.56. The number of ether oxygens (including phenoxy) is 1. The van der Waals surface area contributed by atoms with E-state index in [0.717, 1.165) is 5.56 Å². The van der Waals surface area contributed by atoms with Crippen molar-refractivity contribution in [3.8, 4) is 0 Å². The lowest BCUT2D eigenvalue weighted by Crippen LogP contribution is -2.17. The van der Waals surface area contributed by atoms with Gasteiger partial charge in [0, 0.05) is 5.75 Å². The number of esters is 1. The molecule has 0 fully saturated rings. The maximum Gasteiger partial charge on any atom is 0.345 e. The van der Waals surface area contributed by atoms with E-state index in [1.807, 2.05) is 30.3 Å². The standard InChI is InChI=1S/C11H13NO3S/c1-2-15-11(13)10(12-14)16-8-9-6-4-3-5-7-9/h3-7,10H,2,8H2,1H3. The summed E-state index contributed by atoms with van der Waals surface area (Å²) in [6.07, 6.45) is 0. The maximum absolute atomic E-state index is 11.3. The second kappa shape index (κ2) is 7.00. The minimum absolute atomic E-state index is 0.261. The van der Waals surface area contributed by atoms with Crippen LogP contribution in [0.25, 0.3) is 0 Å². The molecule has 0 heterocycles. The van der Waals surface area contributed by atoms with Crippen molar-refractivity contribution in [1.29, 1.82) is 0 Å². The van der Waals surface area contributed by atoms with Crippen molar-refractivity contribution in [2.45, 2.75) is 18.1 Å². The van der Waals surface area contributed by atoms with Gasteiger partial charge in [-0.2, -0.15) is 0 Å². The minimum atomic E-state index is -0.972. The first kappa shape index (κ1) is 12.7. The van der Waals surface area contributed by atoms with Crippen LogP contribution in [-0.2, 0) is 15.3 Å². The number of carbonyl (C=O) groups is 1. The third-order valence-corrected chi connectivity index (χ3v) is 2.93. The summed E-state index contributed by atoms with van der Waals surface area (Å²) in [5.74, 6) is -0.00536. The molecule has 0 saturated carbocycles. The lowest BCUT2D eigenvalue weighted by atomic mass is 10.2. The molecule has 0 spiro atoms. The summed E-state index contributed by atoms with van der Waals surface area (Å²) in [7, 11) is 0. The van der Waals surface area contributed by atoms with Gasteiger partial charge in [0.15, 0.2) is 0 Å². The molecule has 0 bridgehead atoms. The Morgan fingerprint density at radius 3 is 2.69 bits per heavy atom. The SMILES string of the molecule is CCOC(=O)C(N=O)SCc1ccccc1. The van der Waals surface area contributed by atoms with Gasteiger partial charge in [0.1, 0.15) is 0 Å². The Bertz CT molecular complexity index is 342. The Labute approximate surface area is 98.3 Å². The number of carbonyl (C=O) groups excluding carboxylic acids is 1. The quantitative estimate of drug-likeness (QED) is 0.565. The van der Waals surface area contributed by atoms with Gasteiger partial charge in [0.25, 0.3) is 0 Å². The zero-order valence-corrected chi connectivity index (χ0v) is 9.78. The van der Waals surface area contributed by atoms with E-state index in [-0.39, 0.29) is 6.61 Å². The topological polar surface area (TPSA) is 55.7 Å². The molecule has 4 nitrogen and oxygen atoms in total. The van der Waals surface area contributed by atoms with E-state index < -0.39 is 11.3 Å². The summed E-state index contributed by atoms with van der Waals surface area (Å²) in [6.45, 7) is 1.96. The van der Waals surface area contributed by atoms with E-state index in [2.05, 4.69) is 5.18 Å². The Morgan fingerprint density at radius 2 is 2.12 bits per heavy atom. The van der Waals surface area contributed by atoms with Crippen molar-refractivity contribution < 1.29 is 9.53 Å². The summed E-state index contributed by atoms with van der Waals surface area (Å²) in [5, 5.41) is 1.79. The lowest BCUT2D eigenvalue weighted by molar-refractivity contribution is -0.142. The second-order valence-electron chi connectivity index (χ2n) is 3.01. The zero-order valence-electron chi connectivity index (χ0n) is 8.96. The summed E-state index contributed by atoms with van der Waals surface area (Å²) in [6, 6.07) is 9.59. The van der Waals surface area contributed by atoms with Crippen molar-refractivity contribution >= 4 is 17.7 Å². The third kappa shape index (κ3) is 4.02. The van der Waals surface area contributed by atoms with E-state index >= 15 is 0 Å². The molecule has 0 aromatic heterocycles. The fraction of sp³-hybridized carbons (Fsp3) is 0.364. The van der Waals surface area contributed by atoms with Gasteiger partial charge >= 0.3 is 5.97 Å². The van der Waals surface area contributed by atoms with Gasteiger partial charge in [-0.1, -0.05) is 30.3 Å². The first-order valence-electron chi connectivity index (χ1n) is 4.92. The molecule has 16 heavy (non-hydrogen) atoms. The Morgan fingerprint density at radius 1 is 1.44 bits per heavy atom. The van der Waals surface area contributed by atoms with Crippen LogP contribution in [0, 0.1) is 4.91 Å². The van der Waals surface area contributed by atoms with Crippen LogP contribution in [0.1, 0.15) is 12.5 Å². The number of benzene rings is 1. The average molecular weight is 239 g/mol. The van der Waals surface area contributed by atoms with Crippen LogP contribution in [0.15, 0.2) is 35.5 Å². The molecule has 0 saturated heterocycles. The number of thioether (sulfide) groups is 1. The third-order valence-electron chi connectivity index (χ3n) is 1.83. The van der Waals surface area contributed by atoms with Crippen molar-refractivity contribution in [2.24, 2.45) is 5.18 Å². The van der Waals surface area contributed by atoms with Crippen LogP contribution in [-0.4, -0.2) is 18.0 Å². The molecule has 1 unspecified atom stereocenters. The Balaban J connectivity index is 2.46. The second-order valence-corrected chi connectivity index (χ2v) is 4.07. The van der Waals surface area contributed by atoms with Crippen LogP contribution in [0.3, 0.4) is 0 Å². The highest BCUT2D eigenvalue weighted by Gasteiger charge is 2.20. The molecule has 0 aliphatic rings. The summed E-state index contributed by atoms with van der Waals surface area (Å²) >= 11 is 1.17. The molecule has 0 aliphatic carbocycles. The molecule has 0 N–H and O–H groups in total. The predicted octanol–water partition coefficient (Wildman–Crippen LogP) is 2.58. The molecular formula is C11H13NO3S. The highest BCUT2D eigenvalue weighted by atomic mass is 32.2. The van der Waals surface area contributed by atoms with Gasteiger partial charge in [-0.25, -0.2) is 4.79 Å². The van der Waals surface area contributed by atoms with Gasteiger partial charge in [-0.15, -0.1) is 16.7 Å². The van der Waals surface area contributed by atoms with E-state index in [4.69, 9.17) is 4.74 Å². The molecule has 0 amide bonds. The van der Waals surface area contributed by atoms with Gasteiger partial charge in [-0.3, -0.25) is 0 Å². The smallest absolute Gasteiger partial charge is 0.345 e. The zero-order chi connectivity index (χ0) is 11.8. The highest BCUT2D eigenvalue weighted by Crippen LogP contribution is 2.19. The number of hydrogen-bond donors (Lipinski definition) is 0. The Hall–Kier alpha value is -1.36. The number of nitroso groups, excluding NO2 is 1. The minimum Gasteiger partial charge on any atom is -0.464 e. The maximum atomic E-state index is 11.3. The fourth-order valence-corrected chi connectivity index (χ4v) is 1.91. The number of nitrogens with zero attached hydrogens (tertiary/aromatic N) is 1. The van der Waals surface area contributed by atoms with Gasteiger partial charge < -0.3 is 4.74 Å². The number of rotatable bonds is 6. The van der Waals surface area contributed by atoms with Crippen LogP contribution in [0.2, 0.25) is 0 Å². The molecule has 1 aromatic carbocycles. The van der Waals surface area contributed by atoms with Gasteiger partial charge in [0.2, 0.25) is 5.37 Å². The average Bonchev–Trinajstić information content (AvgIpc) is 2.31. The van der Waals surface area contributed by atoms with Crippen molar-refractivity contribution in [1.82, 2.24) is 0 Å². The molecule has 1 aromatic rings. The highest BCUT2D eigenvalue weighted by molar-refractivity contribution is 7.99. The lowest BCUT2D eigenvalue weighted by Gasteiger charge is -2.07. The molecule has 5 heteroatoms. The molecule has 1 atom stereocenters. The number of hydrogen-bond acceptors (Lipinski definition) is 5. The largest absolute Gasteiger partial charge is 0.464 e. The van der Waals surface area contributed by atoms with Crippen molar-refractivity contribution in [3.05, 3.63) is 40.8 Å². The van der Waals surface area contributed by atoms with Crippen molar-refractivity contribution in [2.75, 3.05) is 6.61 Å². The van der Waals surface area contributed by atoms with Crippen molar-refractivity contribution in [3.63, 3.8) is 0 Å². The van der Waals surface area contributed by atoms with Crippen LogP contribution in [0.5, 0.6) is 0 Å². The fourth-order valence-electron chi connectivity index (χ4n) is 1.10. The van der Waals surface area contributed by atoms with Crippen LogP contribution < -0.4 is 0 Å². The van der Waals surface area contributed by atoms with E-state index in [0.29, 0.717) is 5.75 Å². The summed E-state index contributed by atoms with van der Waals surface area (Å²) in [4.78, 5) is 21.7. The van der Waals surface area contributed by atoms with E-state index in [1.54, 1.807) is 6.92 Å². The van der Waals surface area contributed by atoms with E-state index in [9.17, 15) is 9.70 Å². The van der Waals surface area contributed by atoms with Gasteiger partial charge in [-0.05, 0) is 17.7 Å².